The monoisotopic (exact) mass is 489 g/mol. The van der Waals surface area contributed by atoms with E-state index in [-0.39, 0.29) is 24.0 Å². The predicted octanol–water partition coefficient (Wildman–Crippen LogP) is 2.37. The number of aliphatic imine (C=N–C) groups is 1. The molecule has 0 saturated carbocycles. The second kappa shape index (κ2) is 10.6. The van der Waals surface area contributed by atoms with E-state index in [0.29, 0.717) is 18.0 Å². The zero-order chi connectivity index (χ0) is 18.5. The molecule has 0 aliphatic carbocycles. The molecule has 2 N–H and O–H groups in total. The Morgan fingerprint density at radius 2 is 2.11 bits per heavy atom. The van der Waals surface area contributed by atoms with Crippen molar-refractivity contribution >= 4 is 29.9 Å². The highest BCUT2D eigenvalue weighted by molar-refractivity contribution is 14.0. The quantitative estimate of drug-likeness (QED) is 0.378. The lowest BCUT2D eigenvalue weighted by molar-refractivity contribution is 0.157. The molecule has 3 rings (SSSR count). The molecule has 1 aromatic rings. The summed E-state index contributed by atoms with van der Waals surface area (Å²) in [5, 5.41) is 11.8. The maximum Gasteiger partial charge on any atom is 0.191 e. The van der Waals surface area contributed by atoms with Crippen LogP contribution in [0.5, 0.6) is 0 Å². The molecule has 1 saturated heterocycles. The number of piperidine rings is 1. The van der Waals surface area contributed by atoms with Crippen molar-refractivity contribution in [3.63, 3.8) is 0 Å². The second-order valence-corrected chi connectivity index (χ2v) is 7.83. The third-order valence-electron chi connectivity index (χ3n) is 5.62. The van der Waals surface area contributed by atoms with Gasteiger partial charge in [0.15, 0.2) is 11.8 Å². The summed E-state index contributed by atoms with van der Waals surface area (Å²) in [5.74, 6) is 3.37. The van der Waals surface area contributed by atoms with Crippen LogP contribution in [0.15, 0.2) is 4.99 Å². The molecule has 0 bridgehead atoms. The van der Waals surface area contributed by atoms with Crippen LogP contribution in [0.25, 0.3) is 0 Å². The number of halogens is 1. The van der Waals surface area contributed by atoms with Crippen LogP contribution in [0.2, 0.25) is 0 Å². The molecule has 2 aliphatic heterocycles. The Hall–Kier alpha value is -0.900. The molecule has 0 radical (unpaired) electrons. The lowest BCUT2D eigenvalue weighted by atomic mass is 10.0. The molecule has 7 nitrogen and oxygen atoms in total. The summed E-state index contributed by atoms with van der Waals surface area (Å²) < 4.78 is 2.07. The van der Waals surface area contributed by atoms with Crippen molar-refractivity contribution in [3.05, 3.63) is 11.6 Å². The molecule has 3 heterocycles. The number of likely N-dealkylation sites (tertiary alicyclic amines) is 1. The Labute approximate surface area is 180 Å². The molecular formula is C19H36IN7. The van der Waals surface area contributed by atoms with Crippen molar-refractivity contribution in [2.24, 2.45) is 4.99 Å². The van der Waals surface area contributed by atoms with Crippen LogP contribution < -0.4 is 10.6 Å². The normalized spacial score (nSPS) is 23.7. The van der Waals surface area contributed by atoms with Gasteiger partial charge in [-0.2, -0.15) is 5.10 Å². The Morgan fingerprint density at radius 3 is 2.81 bits per heavy atom. The average molecular weight is 489 g/mol. The first-order chi connectivity index (χ1) is 12.6. The van der Waals surface area contributed by atoms with Crippen molar-refractivity contribution < 1.29 is 0 Å². The van der Waals surface area contributed by atoms with Gasteiger partial charge in [-0.3, -0.25) is 9.89 Å². The van der Waals surface area contributed by atoms with Crippen LogP contribution >= 0.6 is 24.0 Å². The van der Waals surface area contributed by atoms with E-state index in [9.17, 15) is 0 Å². The largest absolute Gasteiger partial charge is 0.355 e. The molecule has 0 spiro atoms. The molecule has 27 heavy (non-hydrogen) atoms. The smallest absolute Gasteiger partial charge is 0.191 e. The summed E-state index contributed by atoms with van der Waals surface area (Å²) in [6, 6.07) is 0.971. The zero-order valence-electron chi connectivity index (χ0n) is 17.2. The van der Waals surface area contributed by atoms with E-state index in [4.69, 9.17) is 0 Å². The number of likely N-dealkylation sites (N-methyl/N-ethyl adjacent to an activating group) is 1. The van der Waals surface area contributed by atoms with E-state index in [2.05, 4.69) is 56.1 Å². The number of hydrogen-bond donors (Lipinski definition) is 2. The number of aryl methyl sites for hydroxylation is 1. The topological polar surface area (TPSA) is 70.4 Å². The van der Waals surface area contributed by atoms with E-state index in [1.54, 1.807) is 0 Å². The summed E-state index contributed by atoms with van der Waals surface area (Å²) in [7, 11) is 1.86. The van der Waals surface area contributed by atoms with Gasteiger partial charge in [0.1, 0.15) is 5.82 Å². The van der Waals surface area contributed by atoms with Gasteiger partial charge in [-0.05, 0) is 32.4 Å². The minimum atomic E-state index is 0. The number of hydrogen-bond acceptors (Lipinski definition) is 4. The summed E-state index contributed by atoms with van der Waals surface area (Å²) in [5.41, 5.74) is 0. The summed E-state index contributed by atoms with van der Waals surface area (Å²) in [6.45, 7) is 10.7. The van der Waals surface area contributed by atoms with Gasteiger partial charge in [-0.25, -0.2) is 9.67 Å². The highest BCUT2D eigenvalue weighted by atomic mass is 127. The molecule has 2 aliphatic rings. The fraction of sp³-hybridized carbons (Fsp3) is 0.842. The molecule has 0 amide bonds. The molecular weight excluding hydrogens is 453 g/mol. The van der Waals surface area contributed by atoms with Crippen molar-refractivity contribution in [1.29, 1.82) is 0 Å². The van der Waals surface area contributed by atoms with E-state index in [0.717, 1.165) is 50.1 Å². The highest BCUT2D eigenvalue weighted by Crippen LogP contribution is 2.17. The van der Waals surface area contributed by atoms with Crippen LogP contribution in [-0.2, 0) is 13.0 Å². The minimum Gasteiger partial charge on any atom is -0.355 e. The van der Waals surface area contributed by atoms with E-state index in [1.807, 2.05) is 7.05 Å². The van der Waals surface area contributed by atoms with Gasteiger partial charge in [0.2, 0.25) is 0 Å². The van der Waals surface area contributed by atoms with Crippen LogP contribution in [0.3, 0.4) is 0 Å². The Kier molecular flexibility index (Phi) is 8.78. The van der Waals surface area contributed by atoms with Crippen LogP contribution in [0, 0.1) is 0 Å². The Balaban J connectivity index is 0.00000261. The lowest BCUT2D eigenvalue weighted by Crippen LogP contribution is -2.52. The average Bonchev–Trinajstić information content (AvgIpc) is 3.09. The SMILES string of the molecule is CCN1CCCCC1CNC(=NC)NC1CCc2nc(C(C)C)nn2C1.I. The summed E-state index contributed by atoms with van der Waals surface area (Å²) in [4.78, 5) is 11.7. The van der Waals surface area contributed by atoms with E-state index < -0.39 is 0 Å². The van der Waals surface area contributed by atoms with E-state index >= 15 is 0 Å². The molecule has 154 valence electrons. The van der Waals surface area contributed by atoms with Gasteiger partial charge in [0, 0.05) is 38.0 Å². The molecule has 2 unspecified atom stereocenters. The Morgan fingerprint density at radius 1 is 1.30 bits per heavy atom. The fourth-order valence-corrected chi connectivity index (χ4v) is 4.00. The molecule has 1 fully saturated rings. The van der Waals surface area contributed by atoms with E-state index in [1.165, 1.54) is 25.8 Å². The van der Waals surface area contributed by atoms with Gasteiger partial charge in [0.25, 0.3) is 0 Å². The number of guanidine groups is 1. The molecule has 2 atom stereocenters. The van der Waals surface area contributed by atoms with Gasteiger partial charge in [0.05, 0.1) is 6.54 Å². The predicted molar refractivity (Wildman–Crippen MR) is 121 cm³/mol. The van der Waals surface area contributed by atoms with Crippen LogP contribution in [-0.4, -0.2) is 64.4 Å². The Bertz CT molecular complexity index is 613. The first-order valence-corrected chi connectivity index (χ1v) is 10.3. The number of fused-ring (bicyclic) bond motifs is 1. The van der Waals surface area contributed by atoms with Crippen LogP contribution in [0.4, 0.5) is 0 Å². The zero-order valence-corrected chi connectivity index (χ0v) is 19.6. The first-order valence-electron chi connectivity index (χ1n) is 10.3. The fourth-order valence-electron chi connectivity index (χ4n) is 4.00. The lowest BCUT2D eigenvalue weighted by Gasteiger charge is -2.35. The third-order valence-corrected chi connectivity index (χ3v) is 5.62. The molecule has 1 aromatic heterocycles. The molecule has 8 heteroatoms. The van der Waals surface area contributed by atoms with Crippen molar-refractivity contribution in [2.75, 3.05) is 26.7 Å². The van der Waals surface area contributed by atoms with Crippen molar-refractivity contribution in [1.82, 2.24) is 30.3 Å². The second-order valence-electron chi connectivity index (χ2n) is 7.83. The summed E-state index contributed by atoms with van der Waals surface area (Å²) in [6.07, 6.45) is 5.99. The number of rotatable bonds is 5. The van der Waals surface area contributed by atoms with Crippen molar-refractivity contribution in [2.45, 2.75) is 77.4 Å². The highest BCUT2D eigenvalue weighted by Gasteiger charge is 2.24. The number of nitrogens with zero attached hydrogens (tertiary/aromatic N) is 5. The van der Waals surface area contributed by atoms with Gasteiger partial charge in [-0.15, -0.1) is 24.0 Å². The van der Waals surface area contributed by atoms with Gasteiger partial charge >= 0.3 is 0 Å². The maximum atomic E-state index is 4.67. The van der Waals surface area contributed by atoms with Crippen LogP contribution in [0.1, 0.15) is 64.0 Å². The van der Waals surface area contributed by atoms with Gasteiger partial charge in [-0.1, -0.05) is 27.2 Å². The standard InChI is InChI=1S/C19H35N7.HI/c1-5-25-11-7-6-8-16(25)12-21-19(20-4)22-15-9-10-17-23-18(14(2)3)24-26(17)13-15;/h14-16H,5-13H2,1-4H3,(H2,20,21,22);1H. The first kappa shape index (κ1) is 22.4. The number of nitrogens with one attached hydrogen (secondary N) is 2. The summed E-state index contributed by atoms with van der Waals surface area (Å²) >= 11 is 0. The third kappa shape index (κ3) is 5.79. The molecule has 0 aromatic carbocycles. The number of aromatic nitrogens is 3. The van der Waals surface area contributed by atoms with Gasteiger partial charge < -0.3 is 10.6 Å². The maximum absolute atomic E-state index is 4.67. The minimum absolute atomic E-state index is 0. The van der Waals surface area contributed by atoms with Crippen molar-refractivity contribution in [3.8, 4) is 0 Å².